The van der Waals surface area contributed by atoms with Crippen LogP contribution in [0.15, 0.2) is 28.7 Å². The molecule has 0 saturated carbocycles. The van der Waals surface area contributed by atoms with Gasteiger partial charge in [0.1, 0.15) is 22.3 Å². The highest BCUT2D eigenvalue weighted by Crippen LogP contribution is 2.43. The number of benzene rings is 1. The molecule has 0 atom stereocenters. The minimum absolute atomic E-state index is 0.494. The van der Waals surface area contributed by atoms with Gasteiger partial charge in [0, 0.05) is 18.4 Å². The number of fused-ring (bicyclic) bond motifs is 5. The number of nitrogens with zero attached hydrogens (tertiary/aromatic N) is 2. The summed E-state index contributed by atoms with van der Waals surface area (Å²) < 4.78 is 11.9. The molecule has 21 heavy (non-hydrogen) atoms. The highest BCUT2D eigenvalue weighted by Gasteiger charge is 2.26. The van der Waals surface area contributed by atoms with Crippen LogP contribution in [0.4, 0.5) is 0 Å². The van der Waals surface area contributed by atoms with Gasteiger partial charge in [-0.05, 0) is 12.1 Å². The quantitative estimate of drug-likeness (QED) is 0.636. The van der Waals surface area contributed by atoms with Gasteiger partial charge in [0.15, 0.2) is 11.5 Å². The summed E-state index contributed by atoms with van der Waals surface area (Å²) in [6, 6.07) is 7.83. The van der Waals surface area contributed by atoms with Crippen LogP contribution in [0.2, 0.25) is 5.15 Å². The molecule has 1 aromatic carbocycles. The van der Waals surface area contributed by atoms with Gasteiger partial charge in [-0.15, -0.1) is 0 Å². The third-order valence-corrected chi connectivity index (χ3v) is 4.00. The maximum atomic E-state index is 6.32. The van der Waals surface area contributed by atoms with Crippen molar-refractivity contribution < 1.29 is 9.15 Å². The van der Waals surface area contributed by atoms with Gasteiger partial charge in [-0.3, -0.25) is 0 Å². The van der Waals surface area contributed by atoms with Crippen molar-refractivity contribution in [1.82, 2.24) is 9.97 Å². The zero-order chi connectivity index (χ0) is 14.4. The number of hydrogen-bond acceptors (Lipinski definition) is 4. The third kappa shape index (κ3) is 1.90. The van der Waals surface area contributed by atoms with Gasteiger partial charge in [0.25, 0.3) is 0 Å². The maximum Gasteiger partial charge on any atom is 0.196 e. The molecule has 3 aromatic rings. The molecule has 0 unspecified atom stereocenters. The molecular weight excluding hydrogens is 288 g/mol. The van der Waals surface area contributed by atoms with Crippen molar-refractivity contribution in [3.63, 3.8) is 0 Å². The number of rotatable bonds is 1. The average Bonchev–Trinajstić information content (AvgIpc) is 2.77. The molecule has 0 spiro atoms. The molecule has 106 valence electrons. The molecule has 5 heteroatoms. The predicted octanol–water partition coefficient (Wildman–Crippen LogP) is 4.04. The van der Waals surface area contributed by atoms with Gasteiger partial charge >= 0.3 is 0 Å². The lowest BCUT2D eigenvalue weighted by atomic mass is 10.1. The first-order chi connectivity index (χ1) is 10.3. The van der Waals surface area contributed by atoms with E-state index in [1.54, 1.807) is 0 Å². The number of para-hydroxylation sites is 1. The minimum Gasteiger partial charge on any atom is -0.488 e. The summed E-state index contributed by atoms with van der Waals surface area (Å²) in [6.45, 7) is 2.54. The highest BCUT2D eigenvalue weighted by atomic mass is 35.5. The van der Waals surface area contributed by atoms with Crippen LogP contribution in [-0.4, -0.2) is 16.6 Å². The number of aromatic nitrogens is 2. The monoisotopic (exact) mass is 300 g/mol. The highest BCUT2D eigenvalue weighted by molar-refractivity contribution is 6.30. The molecule has 1 aliphatic rings. The van der Waals surface area contributed by atoms with E-state index in [2.05, 4.69) is 9.97 Å². The maximum absolute atomic E-state index is 6.32. The molecule has 4 rings (SSSR count). The lowest BCUT2D eigenvalue weighted by Crippen LogP contribution is -2.03. The Balaban J connectivity index is 2.06. The molecule has 0 amide bonds. The van der Waals surface area contributed by atoms with Crippen LogP contribution in [0.3, 0.4) is 0 Å². The minimum atomic E-state index is 0.494. The SMILES string of the molecule is CCc1nc(Cl)c2c(n1)-c1oc3ccccc3c1OCC2. The van der Waals surface area contributed by atoms with Gasteiger partial charge in [0.05, 0.1) is 12.0 Å². The van der Waals surface area contributed by atoms with Crippen LogP contribution in [-0.2, 0) is 12.8 Å². The van der Waals surface area contributed by atoms with E-state index in [1.807, 2.05) is 31.2 Å². The lowest BCUT2D eigenvalue weighted by Gasteiger charge is -2.07. The molecule has 0 N–H and O–H groups in total. The van der Waals surface area contributed by atoms with E-state index in [9.17, 15) is 0 Å². The Labute approximate surface area is 126 Å². The number of ether oxygens (including phenoxy) is 1. The molecule has 0 fully saturated rings. The van der Waals surface area contributed by atoms with E-state index < -0.39 is 0 Å². The first-order valence-corrected chi connectivity index (χ1v) is 7.35. The molecule has 0 saturated heterocycles. The standard InChI is InChI=1S/C16H13ClN2O2/c1-2-12-18-13-10(16(17)19-12)7-8-20-14-9-5-3-4-6-11(9)21-15(13)14/h3-6H,2,7-8H2,1H3. The third-order valence-electron chi connectivity index (χ3n) is 3.68. The van der Waals surface area contributed by atoms with E-state index in [1.165, 1.54) is 0 Å². The molecule has 4 nitrogen and oxygen atoms in total. The summed E-state index contributed by atoms with van der Waals surface area (Å²) >= 11 is 6.32. The number of furan rings is 1. The Morgan fingerprint density at radius 1 is 1.24 bits per heavy atom. The fourth-order valence-corrected chi connectivity index (χ4v) is 2.93. The van der Waals surface area contributed by atoms with Gasteiger partial charge in [-0.25, -0.2) is 9.97 Å². The van der Waals surface area contributed by atoms with Gasteiger partial charge in [0.2, 0.25) is 0 Å². The van der Waals surface area contributed by atoms with Crippen LogP contribution in [0.5, 0.6) is 5.75 Å². The smallest absolute Gasteiger partial charge is 0.196 e. The largest absolute Gasteiger partial charge is 0.488 e. The normalized spacial score (nSPS) is 13.4. The van der Waals surface area contributed by atoms with Crippen molar-refractivity contribution in [2.24, 2.45) is 0 Å². The summed E-state index contributed by atoms with van der Waals surface area (Å²) in [5, 5.41) is 1.46. The van der Waals surface area contributed by atoms with Gasteiger partial charge < -0.3 is 9.15 Å². The molecule has 3 heterocycles. The Bertz CT molecular complexity index is 842. The molecule has 2 aromatic heterocycles. The van der Waals surface area contributed by atoms with Crippen LogP contribution < -0.4 is 4.74 Å². The second-order valence-corrected chi connectivity index (χ2v) is 5.32. The van der Waals surface area contributed by atoms with Crippen LogP contribution in [0.1, 0.15) is 18.3 Å². The summed E-state index contributed by atoms with van der Waals surface area (Å²) in [5.41, 5.74) is 2.45. The molecule has 0 bridgehead atoms. The fourth-order valence-electron chi connectivity index (χ4n) is 2.64. The first-order valence-electron chi connectivity index (χ1n) is 6.98. The van der Waals surface area contributed by atoms with Crippen molar-refractivity contribution in [3.05, 3.63) is 40.8 Å². The van der Waals surface area contributed by atoms with Crippen LogP contribution in [0, 0.1) is 0 Å². The molecule has 0 radical (unpaired) electrons. The molecular formula is C16H13ClN2O2. The van der Waals surface area contributed by atoms with Crippen molar-refractivity contribution in [1.29, 1.82) is 0 Å². The number of aryl methyl sites for hydroxylation is 1. The Morgan fingerprint density at radius 2 is 2.10 bits per heavy atom. The average molecular weight is 301 g/mol. The van der Waals surface area contributed by atoms with Crippen molar-refractivity contribution >= 4 is 22.6 Å². The lowest BCUT2D eigenvalue weighted by molar-refractivity contribution is 0.327. The van der Waals surface area contributed by atoms with E-state index in [-0.39, 0.29) is 0 Å². The Morgan fingerprint density at radius 3 is 2.95 bits per heavy atom. The van der Waals surface area contributed by atoms with Crippen LogP contribution >= 0.6 is 11.6 Å². The van der Waals surface area contributed by atoms with E-state index in [0.717, 1.165) is 34.4 Å². The summed E-state index contributed by atoms with van der Waals surface area (Å²) in [5.74, 6) is 2.12. The van der Waals surface area contributed by atoms with Crippen molar-refractivity contribution in [3.8, 4) is 17.2 Å². The van der Waals surface area contributed by atoms with E-state index in [0.29, 0.717) is 29.8 Å². The number of halogens is 1. The fraction of sp³-hybridized carbons (Fsp3) is 0.250. The van der Waals surface area contributed by atoms with Crippen molar-refractivity contribution in [2.45, 2.75) is 19.8 Å². The van der Waals surface area contributed by atoms with E-state index in [4.69, 9.17) is 20.8 Å². The van der Waals surface area contributed by atoms with Crippen LogP contribution in [0.25, 0.3) is 22.4 Å². The van der Waals surface area contributed by atoms with Crippen molar-refractivity contribution in [2.75, 3.05) is 6.61 Å². The Hall–Kier alpha value is -2.07. The molecule has 1 aliphatic heterocycles. The zero-order valence-corrected chi connectivity index (χ0v) is 12.3. The zero-order valence-electron chi connectivity index (χ0n) is 11.5. The second-order valence-electron chi connectivity index (χ2n) is 4.97. The predicted molar refractivity (Wildman–Crippen MR) is 80.8 cm³/mol. The summed E-state index contributed by atoms with van der Waals surface area (Å²) in [6.07, 6.45) is 1.40. The first kappa shape index (κ1) is 12.7. The van der Waals surface area contributed by atoms with Gasteiger partial charge in [-0.1, -0.05) is 30.7 Å². The summed E-state index contributed by atoms with van der Waals surface area (Å²) in [7, 11) is 0. The number of hydrogen-bond donors (Lipinski definition) is 0. The summed E-state index contributed by atoms with van der Waals surface area (Å²) in [4.78, 5) is 8.95. The Kier molecular flexibility index (Phi) is 2.86. The van der Waals surface area contributed by atoms with E-state index >= 15 is 0 Å². The van der Waals surface area contributed by atoms with Gasteiger partial charge in [-0.2, -0.15) is 0 Å². The topological polar surface area (TPSA) is 48.2 Å². The molecule has 0 aliphatic carbocycles. The second kappa shape index (κ2) is 4.74.